The van der Waals surface area contributed by atoms with Crippen LogP contribution < -0.4 is 11.3 Å². The summed E-state index contributed by atoms with van der Waals surface area (Å²) in [5, 5.41) is 0. The molecule has 4 nitrogen and oxygen atoms in total. The number of aryl methyl sites for hydroxylation is 1. The molecule has 0 unspecified atom stereocenters. The van der Waals surface area contributed by atoms with Crippen molar-refractivity contribution in [2.45, 2.75) is 13.8 Å². The molecular formula is C12H13N3O. The third-order valence-corrected chi connectivity index (χ3v) is 2.51. The molecule has 0 saturated heterocycles. The van der Waals surface area contributed by atoms with Crippen LogP contribution in [0.4, 0.5) is 5.82 Å². The number of H-pyrrole nitrogens is 1. The van der Waals surface area contributed by atoms with E-state index in [2.05, 4.69) is 9.97 Å². The molecule has 0 aliphatic rings. The molecule has 0 aliphatic heterocycles. The van der Waals surface area contributed by atoms with E-state index in [1.165, 1.54) is 0 Å². The van der Waals surface area contributed by atoms with Crippen molar-refractivity contribution in [3.05, 3.63) is 45.7 Å². The van der Waals surface area contributed by atoms with E-state index in [1.807, 2.05) is 31.2 Å². The van der Waals surface area contributed by atoms with E-state index in [4.69, 9.17) is 5.73 Å². The lowest BCUT2D eigenvalue weighted by molar-refractivity contribution is 1.09. The number of hydrogen-bond acceptors (Lipinski definition) is 3. The minimum atomic E-state index is -0.192. The van der Waals surface area contributed by atoms with Gasteiger partial charge in [0.1, 0.15) is 11.6 Å². The first-order chi connectivity index (χ1) is 7.58. The number of nitrogens with one attached hydrogen (secondary N) is 1. The van der Waals surface area contributed by atoms with Crippen LogP contribution in [0.2, 0.25) is 0 Å². The van der Waals surface area contributed by atoms with Crippen molar-refractivity contribution < 1.29 is 0 Å². The van der Waals surface area contributed by atoms with E-state index in [-0.39, 0.29) is 11.4 Å². The van der Waals surface area contributed by atoms with Crippen LogP contribution >= 0.6 is 0 Å². The van der Waals surface area contributed by atoms with Crippen LogP contribution in [-0.2, 0) is 0 Å². The molecule has 0 spiro atoms. The third kappa shape index (κ3) is 1.82. The quantitative estimate of drug-likeness (QED) is 0.759. The van der Waals surface area contributed by atoms with Gasteiger partial charge in [0.05, 0.1) is 5.56 Å². The lowest BCUT2D eigenvalue weighted by atomic mass is 10.1. The van der Waals surface area contributed by atoms with Crippen molar-refractivity contribution in [1.29, 1.82) is 0 Å². The van der Waals surface area contributed by atoms with Crippen molar-refractivity contribution in [1.82, 2.24) is 9.97 Å². The summed E-state index contributed by atoms with van der Waals surface area (Å²) in [6.45, 7) is 3.66. The average Bonchev–Trinajstić information content (AvgIpc) is 2.26. The predicted molar refractivity (Wildman–Crippen MR) is 64.2 cm³/mol. The summed E-state index contributed by atoms with van der Waals surface area (Å²) < 4.78 is 0. The highest BCUT2D eigenvalue weighted by Crippen LogP contribution is 2.15. The summed E-state index contributed by atoms with van der Waals surface area (Å²) in [5.74, 6) is 0.785. The Morgan fingerprint density at radius 1 is 1.19 bits per heavy atom. The summed E-state index contributed by atoms with van der Waals surface area (Å²) >= 11 is 0. The second-order valence-corrected chi connectivity index (χ2v) is 3.79. The number of aromatic amines is 1. The highest BCUT2D eigenvalue weighted by atomic mass is 16.1. The van der Waals surface area contributed by atoms with Crippen LogP contribution in [-0.4, -0.2) is 9.97 Å². The summed E-state index contributed by atoms with van der Waals surface area (Å²) in [4.78, 5) is 18.4. The van der Waals surface area contributed by atoms with Crippen molar-refractivity contribution in [3.8, 4) is 11.4 Å². The lowest BCUT2D eigenvalue weighted by Gasteiger charge is -2.04. The van der Waals surface area contributed by atoms with Gasteiger partial charge in [-0.25, -0.2) is 4.98 Å². The highest BCUT2D eigenvalue weighted by Gasteiger charge is 2.05. The van der Waals surface area contributed by atoms with Crippen LogP contribution in [0.15, 0.2) is 29.1 Å². The van der Waals surface area contributed by atoms with E-state index in [0.29, 0.717) is 11.4 Å². The highest BCUT2D eigenvalue weighted by molar-refractivity contribution is 5.57. The average molecular weight is 215 g/mol. The summed E-state index contributed by atoms with van der Waals surface area (Å²) in [6, 6.07) is 7.74. The van der Waals surface area contributed by atoms with E-state index < -0.39 is 0 Å². The topological polar surface area (TPSA) is 71.8 Å². The smallest absolute Gasteiger partial charge is 0.256 e. The fourth-order valence-electron chi connectivity index (χ4n) is 1.40. The van der Waals surface area contributed by atoms with E-state index >= 15 is 0 Å². The summed E-state index contributed by atoms with van der Waals surface area (Å²) in [7, 11) is 0. The first-order valence-corrected chi connectivity index (χ1v) is 5.01. The SMILES string of the molecule is Cc1ccc(-c2nc(N)c(C)c(=O)[nH]2)cc1. The normalized spacial score (nSPS) is 10.4. The number of nitrogens with two attached hydrogens (primary N) is 1. The fraction of sp³-hybridized carbons (Fsp3) is 0.167. The van der Waals surface area contributed by atoms with Gasteiger partial charge in [-0.15, -0.1) is 0 Å². The number of benzene rings is 1. The molecule has 2 aromatic rings. The maximum Gasteiger partial charge on any atom is 0.256 e. The Bertz CT molecular complexity index is 570. The number of nitrogen functional groups attached to an aromatic ring is 1. The van der Waals surface area contributed by atoms with Crippen molar-refractivity contribution in [3.63, 3.8) is 0 Å². The number of nitrogens with zero attached hydrogens (tertiary/aromatic N) is 1. The molecule has 1 aromatic heterocycles. The molecule has 0 amide bonds. The Labute approximate surface area is 93.2 Å². The first-order valence-electron chi connectivity index (χ1n) is 5.01. The summed E-state index contributed by atoms with van der Waals surface area (Å²) in [6.07, 6.45) is 0. The standard InChI is InChI=1S/C12H13N3O/c1-7-3-5-9(6-4-7)11-14-10(13)8(2)12(16)15-11/h3-6H,1-2H3,(H3,13,14,15,16). The van der Waals surface area contributed by atoms with Gasteiger partial charge in [0.15, 0.2) is 0 Å². The van der Waals surface area contributed by atoms with Gasteiger partial charge in [0.2, 0.25) is 0 Å². The van der Waals surface area contributed by atoms with Gasteiger partial charge in [-0.3, -0.25) is 4.79 Å². The number of aromatic nitrogens is 2. The minimum absolute atomic E-state index is 0.192. The van der Waals surface area contributed by atoms with Gasteiger partial charge in [-0.1, -0.05) is 29.8 Å². The zero-order valence-electron chi connectivity index (χ0n) is 9.24. The molecule has 0 fully saturated rings. The molecule has 0 bridgehead atoms. The van der Waals surface area contributed by atoms with Crippen LogP contribution in [0.5, 0.6) is 0 Å². The Hall–Kier alpha value is -2.10. The first kappa shape index (κ1) is 10.4. The van der Waals surface area contributed by atoms with Gasteiger partial charge < -0.3 is 10.7 Å². The van der Waals surface area contributed by atoms with E-state index in [0.717, 1.165) is 11.1 Å². The molecule has 1 heterocycles. The largest absolute Gasteiger partial charge is 0.383 e. The maximum atomic E-state index is 11.5. The molecule has 16 heavy (non-hydrogen) atoms. The Morgan fingerprint density at radius 3 is 2.38 bits per heavy atom. The van der Waals surface area contributed by atoms with Gasteiger partial charge in [-0.2, -0.15) is 0 Å². The Balaban J connectivity index is 2.57. The monoisotopic (exact) mass is 215 g/mol. The molecule has 0 radical (unpaired) electrons. The molecule has 82 valence electrons. The molecular weight excluding hydrogens is 202 g/mol. The van der Waals surface area contributed by atoms with Crippen LogP contribution in [0, 0.1) is 13.8 Å². The van der Waals surface area contributed by atoms with Crippen LogP contribution in [0.25, 0.3) is 11.4 Å². The molecule has 1 aromatic carbocycles. The number of hydrogen-bond donors (Lipinski definition) is 2. The van der Waals surface area contributed by atoms with Gasteiger partial charge in [0.25, 0.3) is 5.56 Å². The van der Waals surface area contributed by atoms with Crippen molar-refractivity contribution in [2.24, 2.45) is 0 Å². The lowest BCUT2D eigenvalue weighted by Crippen LogP contribution is -2.15. The second kappa shape index (κ2) is 3.81. The van der Waals surface area contributed by atoms with E-state index in [1.54, 1.807) is 6.92 Å². The summed E-state index contributed by atoms with van der Waals surface area (Å²) in [5.41, 5.74) is 7.93. The molecule has 0 aliphatic carbocycles. The van der Waals surface area contributed by atoms with Gasteiger partial charge >= 0.3 is 0 Å². The van der Waals surface area contributed by atoms with E-state index in [9.17, 15) is 4.79 Å². The molecule has 4 heteroatoms. The van der Waals surface area contributed by atoms with Gasteiger partial charge in [0, 0.05) is 5.56 Å². The Morgan fingerprint density at radius 2 is 1.81 bits per heavy atom. The predicted octanol–water partition coefficient (Wildman–Crippen LogP) is 1.64. The van der Waals surface area contributed by atoms with Crippen LogP contribution in [0.1, 0.15) is 11.1 Å². The van der Waals surface area contributed by atoms with Gasteiger partial charge in [-0.05, 0) is 13.8 Å². The maximum absolute atomic E-state index is 11.5. The van der Waals surface area contributed by atoms with Crippen molar-refractivity contribution >= 4 is 5.82 Å². The zero-order valence-corrected chi connectivity index (χ0v) is 9.24. The Kier molecular flexibility index (Phi) is 2.48. The van der Waals surface area contributed by atoms with Crippen molar-refractivity contribution in [2.75, 3.05) is 5.73 Å². The molecule has 0 saturated carbocycles. The van der Waals surface area contributed by atoms with Crippen LogP contribution in [0.3, 0.4) is 0 Å². The number of rotatable bonds is 1. The molecule has 3 N–H and O–H groups in total. The zero-order chi connectivity index (χ0) is 11.7. The number of anilines is 1. The third-order valence-electron chi connectivity index (χ3n) is 2.51. The fourth-order valence-corrected chi connectivity index (χ4v) is 1.40. The molecule has 2 rings (SSSR count). The minimum Gasteiger partial charge on any atom is -0.383 e. The second-order valence-electron chi connectivity index (χ2n) is 3.79. The molecule has 0 atom stereocenters.